The number of aryl methyl sites for hydroxylation is 8. The topological polar surface area (TPSA) is 318 Å². The molecule has 0 aliphatic rings. The smallest absolute Gasteiger partial charge is 0.334 e. The first-order valence-corrected chi connectivity index (χ1v) is 41.4. The van der Waals surface area contributed by atoms with Gasteiger partial charge in [0.15, 0.2) is 23.0 Å². The lowest BCUT2D eigenvalue weighted by molar-refractivity contribution is -0.161. The number of hydrogen-bond acceptors (Lipinski definition) is 21. The molecule has 4 aromatic carbocycles. The quantitative estimate of drug-likeness (QED) is 0.0152. The number of rotatable bonds is 27. The number of nitriles is 4. The number of nitrogens with zero attached hydrogens (tertiary/aromatic N) is 12. The summed E-state index contributed by atoms with van der Waals surface area (Å²) in [6, 6.07) is 39.7. The van der Waals surface area contributed by atoms with Crippen molar-refractivity contribution < 1.29 is 61.8 Å². The highest BCUT2D eigenvalue weighted by molar-refractivity contribution is 6.34. The standard InChI is InChI=1S/3C24H30ClN3O3.C22H26ClN3O4/c1-15-19(25)20(28(8)27-15)21(30-14-31-22(29)24(5,6)7)18(13-26)16-9-11-17(12-10-16)23(2,3)4;1-15(2)12-20(29)30-14-31-23(22-21(25)16(3)27-28(22)7)19(13-26)17-8-10-18(11-9-17)24(4,5)6;1-7-8-9-20(29)30-15-31-23(22-21(25)16(2)27-28(22)6)19(14-26)17-10-12-18(13-11-17)24(3,4)5;1-14-19(23)20(26(5)25-14)21(30-13-29-18(27)12-28-6)17(11-24)15-7-9-16(10-8-15)22(2,3)4/h9-12H,14H2,1-8H3;8-11,15H,12,14H2,1-7H3;10-13H,7-9,15H2,1-6H3;7-10H,12-13H2,1-6H3/b21-18-;2*23-19-;21-17-. The Labute approximate surface area is 744 Å². The lowest BCUT2D eigenvalue weighted by Gasteiger charge is -2.20. The van der Waals surface area contributed by atoms with Crippen LogP contribution in [0.2, 0.25) is 20.1 Å². The molecule has 0 amide bonds. The second-order valence-electron chi connectivity index (χ2n) is 34.5. The van der Waals surface area contributed by atoms with Crippen molar-refractivity contribution in [2.75, 3.05) is 40.9 Å². The zero-order valence-electron chi connectivity index (χ0n) is 75.9. The molecule has 0 atom stereocenters. The van der Waals surface area contributed by atoms with Crippen LogP contribution in [0.4, 0.5) is 0 Å². The second kappa shape index (κ2) is 45.3. The number of esters is 4. The SMILES string of the molecule is CCCCC(=O)OCO/C(=C(/C#N)c1ccc(C(C)(C)C)cc1)c1c(Cl)c(C)nn1C.COCC(=O)OCO/C(=C(/C#N)c1ccc(C(C)(C)C)cc1)c1c(Cl)c(C)nn1C.Cc1nn(C)c(/C(OCOC(=O)C(C)(C)C)=C(\C#N)c2ccc(C(C)(C)C)cc2)c1Cl.Cc1nn(C)c(/C(OCOC(=O)CC(C)C)=C(\C#N)c2ccc(C(C)(C)C)cc2)c1Cl. The van der Waals surface area contributed by atoms with Crippen LogP contribution in [0.25, 0.3) is 45.3 Å². The van der Waals surface area contributed by atoms with E-state index in [-0.39, 0.29) is 118 Å². The summed E-state index contributed by atoms with van der Waals surface area (Å²) in [6.45, 7) is 42.1. The van der Waals surface area contributed by atoms with E-state index >= 15 is 0 Å². The number of unbranched alkanes of at least 4 members (excludes halogenated alkanes) is 1. The number of carbonyl (C=O) groups excluding carboxylic acids is 4. The zero-order valence-corrected chi connectivity index (χ0v) is 78.9. The summed E-state index contributed by atoms with van der Waals surface area (Å²) >= 11 is 25.9. The third kappa shape index (κ3) is 28.7. The molecule has 0 unspecified atom stereocenters. The number of aromatic nitrogens is 8. The van der Waals surface area contributed by atoms with Gasteiger partial charge in [-0.15, -0.1) is 0 Å². The second-order valence-corrected chi connectivity index (χ2v) is 36.0. The van der Waals surface area contributed by atoms with Crippen LogP contribution in [-0.2, 0) is 112 Å². The Balaban J connectivity index is 0.000000291. The molecule has 0 radical (unpaired) electrons. The fourth-order valence-electron chi connectivity index (χ4n) is 11.9. The van der Waals surface area contributed by atoms with Gasteiger partial charge in [-0.25, -0.2) is 4.79 Å². The van der Waals surface area contributed by atoms with Crippen LogP contribution in [0, 0.1) is 84.4 Å². The largest absolute Gasteiger partial charge is 0.454 e. The monoisotopic (exact) mass is 1760 g/mol. The van der Waals surface area contributed by atoms with E-state index in [1.165, 1.54) is 11.8 Å². The predicted molar refractivity (Wildman–Crippen MR) is 481 cm³/mol. The zero-order chi connectivity index (χ0) is 92.6. The van der Waals surface area contributed by atoms with Crippen molar-refractivity contribution in [2.24, 2.45) is 39.5 Å². The molecular formula is C94H116Cl4N12O13. The lowest BCUT2D eigenvalue weighted by atomic mass is 9.86. The summed E-state index contributed by atoms with van der Waals surface area (Å²) in [5.41, 5.74) is 11.8. The van der Waals surface area contributed by atoms with Crippen molar-refractivity contribution in [1.82, 2.24) is 39.1 Å². The average molecular weight is 1760 g/mol. The number of ether oxygens (including phenoxy) is 9. The van der Waals surface area contributed by atoms with Gasteiger partial charge in [-0.05, 0) is 127 Å². The Morgan fingerprint density at radius 2 is 0.618 bits per heavy atom. The van der Waals surface area contributed by atoms with E-state index in [0.29, 0.717) is 94.3 Å². The minimum Gasteiger partial charge on any atom is -0.454 e. The summed E-state index contributed by atoms with van der Waals surface area (Å²) in [5.74, 6) is -0.702. The molecule has 8 aromatic rings. The highest BCUT2D eigenvalue weighted by Crippen LogP contribution is 2.40. The number of halogens is 4. The Bertz CT molecular complexity index is 5330. The predicted octanol–water partition coefficient (Wildman–Crippen LogP) is 21.3. The van der Waals surface area contributed by atoms with Crippen LogP contribution in [0.15, 0.2) is 97.1 Å². The van der Waals surface area contributed by atoms with Gasteiger partial charge in [-0.1, -0.05) is 254 Å². The van der Waals surface area contributed by atoms with Crippen LogP contribution in [0.3, 0.4) is 0 Å². The fraction of sp³-hybridized carbons (Fsp3) is 0.447. The number of benzene rings is 4. The Morgan fingerprint density at radius 3 is 0.813 bits per heavy atom. The van der Waals surface area contributed by atoms with Gasteiger partial charge in [0, 0.05) is 48.1 Å². The first-order valence-electron chi connectivity index (χ1n) is 39.9. The molecule has 0 spiro atoms. The fourth-order valence-corrected chi connectivity index (χ4v) is 12.8. The van der Waals surface area contributed by atoms with Crippen LogP contribution in [0.1, 0.15) is 240 Å². The molecule has 29 heteroatoms. The first-order chi connectivity index (χ1) is 57.4. The summed E-state index contributed by atoms with van der Waals surface area (Å²) in [7, 11) is 8.26. The molecule has 4 heterocycles. The molecule has 0 aliphatic heterocycles. The van der Waals surface area contributed by atoms with E-state index < -0.39 is 24.1 Å². The van der Waals surface area contributed by atoms with Crippen LogP contribution < -0.4 is 0 Å². The summed E-state index contributed by atoms with van der Waals surface area (Å²) in [5, 5.41) is 58.7. The molecule has 658 valence electrons. The number of hydrogen-bond donors (Lipinski definition) is 0. The Morgan fingerprint density at radius 1 is 0.382 bits per heavy atom. The van der Waals surface area contributed by atoms with E-state index in [2.05, 4.69) is 128 Å². The maximum absolute atomic E-state index is 12.1. The molecule has 0 bridgehead atoms. The molecular weight excluding hydrogens is 1650 g/mol. The van der Waals surface area contributed by atoms with Gasteiger partial charge < -0.3 is 42.6 Å². The third-order valence-corrected chi connectivity index (χ3v) is 20.6. The van der Waals surface area contributed by atoms with Crippen molar-refractivity contribution >= 4 is 116 Å². The van der Waals surface area contributed by atoms with Crippen molar-refractivity contribution in [3.63, 3.8) is 0 Å². The van der Waals surface area contributed by atoms with E-state index in [1.807, 2.05) is 118 Å². The molecule has 8 rings (SSSR count). The maximum Gasteiger partial charge on any atom is 0.334 e. The van der Waals surface area contributed by atoms with E-state index in [4.69, 9.17) is 89.0 Å². The van der Waals surface area contributed by atoms with E-state index in [1.54, 1.807) is 90.7 Å². The molecule has 0 N–H and O–H groups in total. The molecule has 0 aliphatic carbocycles. The van der Waals surface area contributed by atoms with Gasteiger partial charge in [0.1, 0.15) is 76.0 Å². The van der Waals surface area contributed by atoms with Gasteiger partial charge in [-0.2, -0.15) is 41.4 Å². The van der Waals surface area contributed by atoms with E-state index in [9.17, 15) is 40.2 Å². The summed E-state index contributed by atoms with van der Waals surface area (Å²) in [6.07, 6.45) is 2.25. The lowest BCUT2D eigenvalue weighted by Crippen LogP contribution is -2.24. The average Bonchev–Trinajstić information content (AvgIpc) is 1.66. The molecule has 25 nitrogen and oxygen atoms in total. The number of allylic oxidation sites excluding steroid dienone is 4. The normalized spacial score (nSPS) is 12.4. The van der Waals surface area contributed by atoms with Crippen LogP contribution in [-0.4, -0.2) is 104 Å². The molecule has 123 heavy (non-hydrogen) atoms. The van der Waals surface area contributed by atoms with Gasteiger partial charge in [0.25, 0.3) is 0 Å². The van der Waals surface area contributed by atoms with Crippen LogP contribution in [0.5, 0.6) is 0 Å². The molecule has 4 aromatic heterocycles. The van der Waals surface area contributed by atoms with Crippen molar-refractivity contribution in [2.45, 2.75) is 200 Å². The van der Waals surface area contributed by atoms with E-state index in [0.717, 1.165) is 35.1 Å². The minimum atomic E-state index is -0.672. The number of carbonyl (C=O) groups is 4. The molecule has 0 saturated carbocycles. The van der Waals surface area contributed by atoms with Crippen molar-refractivity contribution in [3.05, 3.63) is 207 Å². The van der Waals surface area contributed by atoms with Gasteiger partial charge in [-0.3, -0.25) is 33.1 Å². The summed E-state index contributed by atoms with van der Waals surface area (Å²) in [4.78, 5) is 47.5. The van der Waals surface area contributed by atoms with Crippen molar-refractivity contribution in [3.8, 4) is 24.3 Å². The van der Waals surface area contributed by atoms with Crippen molar-refractivity contribution in [1.29, 1.82) is 21.0 Å². The minimum absolute atomic E-state index is 0.0104. The third-order valence-electron chi connectivity index (χ3n) is 18.8. The molecule has 0 fully saturated rings. The maximum atomic E-state index is 12.1. The molecule has 0 saturated heterocycles. The summed E-state index contributed by atoms with van der Waals surface area (Å²) < 4.78 is 54.9. The van der Waals surface area contributed by atoms with Gasteiger partial charge in [0.05, 0.1) is 48.3 Å². The van der Waals surface area contributed by atoms with Crippen LogP contribution >= 0.6 is 46.4 Å². The highest BCUT2D eigenvalue weighted by Gasteiger charge is 2.31. The van der Waals surface area contributed by atoms with Gasteiger partial charge >= 0.3 is 23.9 Å². The first kappa shape index (κ1) is 102. The Kier molecular flexibility index (Phi) is 37.7. The highest BCUT2D eigenvalue weighted by atomic mass is 35.5. The van der Waals surface area contributed by atoms with Gasteiger partial charge in [0.2, 0.25) is 27.2 Å². The Hall–Kier alpha value is -11.2. The number of methoxy groups -OCH3 is 1.